The summed E-state index contributed by atoms with van der Waals surface area (Å²) in [6.07, 6.45) is 0. The van der Waals surface area contributed by atoms with Crippen LogP contribution in [0.15, 0.2) is 71.7 Å². The molecule has 3 aromatic carbocycles. The summed E-state index contributed by atoms with van der Waals surface area (Å²) in [7, 11) is 0. The standard InChI is InChI=1S/C21H18N2O/c1-15-9-11-17(12-10-15)21(24)23-14-13-22-20(23)19-8-4-6-16-5-2-3-7-18(16)19/h2-12H,13-14H2,1H3. The minimum absolute atomic E-state index is 0.0131. The first-order chi connectivity index (χ1) is 11.7. The number of carbonyl (C=O) groups excluding carboxylic acids is 1. The number of hydrogen-bond acceptors (Lipinski definition) is 2. The van der Waals surface area contributed by atoms with Crippen LogP contribution in [0.1, 0.15) is 21.5 Å². The van der Waals surface area contributed by atoms with Gasteiger partial charge in [0.25, 0.3) is 5.91 Å². The summed E-state index contributed by atoms with van der Waals surface area (Å²) < 4.78 is 0. The number of aliphatic imine (C=N–C) groups is 1. The van der Waals surface area contributed by atoms with Crippen molar-refractivity contribution in [3.05, 3.63) is 83.4 Å². The van der Waals surface area contributed by atoms with Crippen molar-refractivity contribution in [3.8, 4) is 0 Å². The Bertz CT molecular complexity index is 936. The van der Waals surface area contributed by atoms with Gasteiger partial charge in [-0.05, 0) is 29.8 Å². The van der Waals surface area contributed by atoms with Crippen LogP contribution in [0.2, 0.25) is 0 Å². The van der Waals surface area contributed by atoms with E-state index < -0.39 is 0 Å². The van der Waals surface area contributed by atoms with E-state index in [9.17, 15) is 4.79 Å². The van der Waals surface area contributed by atoms with E-state index in [1.54, 1.807) is 4.90 Å². The van der Waals surface area contributed by atoms with Gasteiger partial charge in [0.05, 0.1) is 6.54 Å². The molecule has 3 nitrogen and oxygen atoms in total. The molecule has 118 valence electrons. The van der Waals surface area contributed by atoms with Gasteiger partial charge in [-0.25, -0.2) is 0 Å². The summed E-state index contributed by atoms with van der Waals surface area (Å²) in [5, 5.41) is 2.29. The second kappa shape index (κ2) is 5.93. The first-order valence-corrected chi connectivity index (χ1v) is 8.15. The fourth-order valence-electron chi connectivity index (χ4n) is 3.15. The maximum absolute atomic E-state index is 12.9. The minimum Gasteiger partial charge on any atom is -0.291 e. The Morgan fingerprint density at radius 3 is 2.54 bits per heavy atom. The highest BCUT2D eigenvalue weighted by Crippen LogP contribution is 2.23. The van der Waals surface area contributed by atoms with Gasteiger partial charge in [0, 0.05) is 17.7 Å². The first-order valence-electron chi connectivity index (χ1n) is 8.15. The van der Waals surface area contributed by atoms with Crippen molar-refractivity contribution in [1.29, 1.82) is 0 Å². The van der Waals surface area contributed by atoms with Crippen LogP contribution in [0.4, 0.5) is 0 Å². The molecule has 0 bridgehead atoms. The fourth-order valence-corrected chi connectivity index (χ4v) is 3.15. The molecular formula is C21H18N2O. The van der Waals surface area contributed by atoms with Crippen molar-refractivity contribution in [2.24, 2.45) is 4.99 Å². The summed E-state index contributed by atoms with van der Waals surface area (Å²) >= 11 is 0. The highest BCUT2D eigenvalue weighted by atomic mass is 16.2. The maximum Gasteiger partial charge on any atom is 0.259 e. The molecule has 4 rings (SSSR count). The molecule has 0 radical (unpaired) electrons. The summed E-state index contributed by atoms with van der Waals surface area (Å²) in [5.74, 6) is 0.788. The Labute approximate surface area is 141 Å². The summed E-state index contributed by atoms with van der Waals surface area (Å²) in [4.78, 5) is 19.3. The van der Waals surface area contributed by atoms with Crippen molar-refractivity contribution >= 4 is 22.5 Å². The van der Waals surface area contributed by atoms with Crippen LogP contribution in [-0.2, 0) is 0 Å². The Hall–Kier alpha value is -2.94. The van der Waals surface area contributed by atoms with Crippen molar-refractivity contribution in [2.75, 3.05) is 13.1 Å². The molecule has 0 saturated heterocycles. The van der Waals surface area contributed by atoms with E-state index in [0.29, 0.717) is 18.7 Å². The lowest BCUT2D eigenvalue weighted by molar-refractivity contribution is 0.0858. The Morgan fingerprint density at radius 2 is 1.71 bits per heavy atom. The molecule has 1 amide bonds. The van der Waals surface area contributed by atoms with Gasteiger partial charge in [0.15, 0.2) is 0 Å². The largest absolute Gasteiger partial charge is 0.291 e. The molecule has 1 heterocycles. The van der Waals surface area contributed by atoms with Gasteiger partial charge in [-0.15, -0.1) is 0 Å². The Morgan fingerprint density at radius 1 is 0.958 bits per heavy atom. The summed E-state index contributed by atoms with van der Waals surface area (Å²) in [6, 6.07) is 22.1. The van der Waals surface area contributed by atoms with E-state index in [1.807, 2.05) is 55.5 Å². The van der Waals surface area contributed by atoms with E-state index in [-0.39, 0.29) is 5.91 Å². The average molecular weight is 314 g/mol. The molecule has 0 atom stereocenters. The third-order valence-electron chi connectivity index (χ3n) is 4.42. The van der Waals surface area contributed by atoms with Gasteiger partial charge in [-0.1, -0.05) is 60.2 Å². The van der Waals surface area contributed by atoms with Gasteiger partial charge in [-0.2, -0.15) is 0 Å². The molecule has 3 heteroatoms. The second-order valence-electron chi connectivity index (χ2n) is 6.05. The topological polar surface area (TPSA) is 32.7 Å². The van der Waals surface area contributed by atoms with Crippen LogP contribution in [0.25, 0.3) is 10.8 Å². The van der Waals surface area contributed by atoms with Crippen LogP contribution in [0.5, 0.6) is 0 Å². The van der Waals surface area contributed by atoms with Gasteiger partial charge < -0.3 is 0 Å². The third kappa shape index (κ3) is 2.48. The fraction of sp³-hybridized carbons (Fsp3) is 0.143. The number of rotatable bonds is 2. The van der Waals surface area contributed by atoms with Crippen LogP contribution < -0.4 is 0 Å². The number of fused-ring (bicyclic) bond motifs is 1. The van der Waals surface area contributed by atoms with Crippen molar-refractivity contribution in [3.63, 3.8) is 0 Å². The third-order valence-corrected chi connectivity index (χ3v) is 4.42. The molecular weight excluding hydrogens is 296 g/mol. The Kier molecular flexibility index (Phi) is 3.62. The smallest absolute Gasteiger partial charge is 0.259 e. The van der Waals surface area contributed by atoms with Crippen LogP contribution in [-0.4, -0.2) is 29.7 Å². The lowest BCUT2D eigenvalue weighted by atomic mass is 10.0. The number of aryl methyl sites for hydroxylation is 1. The zero-order valence-corrected chi connectivity index (χ0v) is 13.6. The zero-order valence-electron chi connectivity index (χ0n) is 13.6. The lowest BCUT2D eigenvalue weighted by Crippen LogP contribution is -2.35. The van der Waals surface area contributed by atoms with Gasteiger partial charge >= 0.3 is 0 Å². The summed E-state index contributed by atoms with van der Waals surface area (Å²) in [5.41, 5.74) is 2.87. The highest BCUT2D eigenvalue weighted by Gasteiger charge is 2.26. The predicted molar refractivity (Wildman–Crippen MR) is 97.6 cm³/mol. The molecule has 1 aliphatic rings. The number of benzene rings is 3. The lowest BCUT2D eigenvalue weighted by Gasteiger charge is -2.20. The number of amides is 1. The van der Waals surface area contributed by atoms with E-state index >= 15 is 0 Å². The average Bonchev–Trinajstić information content (AvgIpc) is 3.11. The minimum atomic E-state index is 0.0131. The van der Waals surface area contributed by atoms with E-state index in [0.717, 1.165) is 27.7 Å². The molecule has 3 aromatic rings. The van der Waals surface area contributed by atoms with E-state index in [2.05, 4.69) is 23.2 Å². The zero-order chi connectivity index (χ0) is 16.5. The van der Waals surface area contributed by atoms with Crippen LogP contribution in [0, 0.1) is 6.92 Å². The van der Waals surface area contributed by atoms with Crippen LogP contribution in [0.3, 0.4) is 0 Å². The van der Waals surface area contributed by atoms with E-state index in [4.69, 9.17) is 0 Å². The molecule has 1 aliphatic heterocycles. The SMILES string of the molecule is Cc1ccc(C(=O)N2CCN=C2c2cccc3ccccc23)cc1. The van der Waals surface area contributed by atoms with E-state index in [1.165, 1.54) is 0 Å². The summed E-state index contributed by atoms with van der Waals surface area (Å²) in [6.45, 7) is 3.30. The van der Waals surface area contributed by atoms with Crippen molar-refractivity contribution in [1.82, 2.24) is 4.90 Å². The van der Waals surface area contributed by atoms with Gasteiger partial charge in [0.2, 0.25) is 0 Å². The molecule has 0 N–H and O–H groups in total. The maximum atomic E-state index is 12.9. The highest BCUT2D eigenvalue weighted by molar-refractivity contribution is 6.18. The predicted octanol–water partition coefficient (Wildman–Crippen LogP) is 4.05. The molecule has 0 spiro atoms. The van der Waals surface area contributed by atoms with Gasteiger partial charge in [-0.3, -0.25) is 14.7 Å². The Balaban J connectivity index is 1.75. The molecule has 0 unspecified atom stereocenters. The number of carbonyl (C=O) groups is 1. The second-order valence-corrected chi connectivity index (χ2v) is 6.05. The molecule has 0 aliphatic carbocycles. The van der Waals surface area contributed by atoms with Gasteiger partial charge in [0.1, 0.15) is 5.84 Å². The number of amidine groups is 1. The molecule has 0 saturated carbocycles. The quantitative estimate of drug-likeness (QED) is 0.702. The number of hydrogen-bond donors (Lipinski definition) is 0. The molecule has 0 fully saturated rings. The first kappa shape index (κ1) is 14.6. The van der Waals surface area contributed by atoms with Crippen molar-refractivity contribution in [2.45, 2.75) is 6.92 Å². The van der Waals surface area contributed by atoms with Crippen LogP contribution >= 0.6 is 0 Å². The molecule has 0 aromatic heterocycles. The monoisotopic (exact) mass is 314 g/mol. The van der Waals surface area contributed by atoms with Crippen molar-refractivity contribution < 1.29 is 4.79 Å². The molecule has 24 heavy (non-hydrogen) atoms. The number of nitrogens with zero attached hydrogens (tertiary/aromatic N) is 2. The normalized spacial score (nSPS) is 14.0.